The van der Waals surface area contributed by atoms with Crippen LogP contribution in [0.25, 0.3) is 5.69 Å². The number of nitrogens with zero attached hydrogens (tertiary/aromatic N) is 2. The molecule has 2 fully saturated rings. The van der Waals surface area contributed by atoms with E-state index in [1.54, 1.807) is 42.5 Å². The maximum Gasteiger partial charge on any atom is 0.273 e. The number of halogens is 3. The van der Waals surface area contributed by atoms with E-state index in [2.05, 4.69) is 10.4 Å². The summed E-state index contributed by atoms with van der Waals surface area (Å²) in [5.74, 6) is 0.762. The standard InChI is InChI=1S/C24H20Cl3N3O3/c25-15-1-4-17(5-2-15)33-23-18(13-31)21(22(32)28-24-9-7-14(12-24)8-10-24)29-30(23)20-6-3-16(26)11-19(20)27/h1-6,11,13-14H,7-10,12H2,(H,28,32). The average molecular weight is 505 g/mol. The molecule has 0 spiro atoms. The number of benzene rings is 2. The zero-order chi connectivity index (χ0) is 23.2. The van der Waals surface area contributed by atoms with Crippen LogP contribution in [0.1, 0.15) is 53.0 Å². The maximum absolute atomic E-state index is 13.3. The number of aromatic nitrogens is 2. The first-order valence-electron chi connectivity index (χ1n) is 10.7. The highest BCUT2D eigenvalue weighted by atomic mass is 35.5. The van der Waals surface area contributed by atoms with Gasteiger partial charge in [0.05, 0.1) is 10.7 Å². The fourth-order valence-corrected chi connectivity index (χ4v) is 5.50. The Labute approximate surface area is 205 Å². The Morgan fingerprint density at radius 2 is 1.79 bits per heavy atom. The van der Waals surface area contributed by atoms with Crippen molar-refractivity contribution >= 4 is 47.0 Å². The lowest BCUT2D eigenvalue weighted by molar-refractivity contribution is 0.0891. The molecule has 1 N–H and O–H groups in total. The van der Waals surface area contributed by atoms with Gasteiger partial charge in [0.25, 0.3) is 5.91 Å². The molecule has 9 heteroatoms. The molecule has 2 aliphatic carbocycles. The number of hydrogen-bond donors (Lipinski definition) is 1. The number of amides is 1. The van der Waals surface area contributed by atoms with Gasteiger partial charge in [-0.2, -0.15) is 9.78 Å². The first-order chi connectivity index (χ1) is 15.9. The van der Waals surface area contributed by atoms with Gasteiger partial charge in [0.1, 0.15) is 11.3 Å². The first-order valence-corrected chi connectivity index (χ1v) is 11.8. The van der Waals surface area contributed by atoms with Crippen LogP contribution in [0.3, 0.4) is 0 Å². The van der Waals surface area contributed by atoms with E-state index < -0.39 is 5.91 Å². The summed E-state index contributed by atoms with van der Waals surface area (Å²) in [5, 5.41) is 8.91. The number of nitrogens with one attached hydrogen (secondary N) is 1. The van der Waals surface area contributed by atoms with Gasteiger partial charge in [-0.05, 0) is 80.5 Å². The summed E-state index contributed by atoms with van der Waals surface area (Å²) in [6.07, 6.45) is 5.65. The third kappa shape index (κ3) is 4.23. The van der Waals surface area contributed by atoms with Crippen LogP contribution in [0.5, 0.6) is 11.6 Å². The van der Waals surface area contributed by atoms with Crippen molar-refractivity contribution in [3.8, 4) is 17.3 Å². The molecule has 170 valence electrons. The third-order valence-electron chi connectivity index (χ3n) is 6.50. The van der Waals surface area contributed by atoms with Gasteiger partial charge in [0.2, 0.25) is 5.88 Å². The molecule has 0 unspecified atom stereocenters. The first kappa shape index (κ1) is 22.3. The number of fused-ring (bicyclic) bond motifs is 2. The molecule has 0 radical (unpaired) electrons. The molecule has 1 heterocycles. The lowest BCUT2D eigenvalue weighted by atomic mass is 9.93. The number of ether oxygens (including phenoxy) is 1. The molecule has 6 nitrogen and oxygen atoms in total. The zero-order valence-electron chi connectivity index (χ0n) is 17.5. The monoisotopic (exact) mass is 503 g/mol. The minimum absolute atomic E-state index is 0.00953. The molecule has 33 heavy (non-hydrogen) atoms. The van der Waals surface area contributed by atoms with Gasteiger partial charge < -0.3 is 10.1 Å². The smallest absolute Gasteiger partial charge is 0.273 e. The molecular formula is C24H20Cl3N3O3. The van der Waals surface area contributed by atoms with Crippen molar-refractivity contribution in [2.24, 2.45) is 5.92 Å². The Hall–Kier alpha value is -2.54. The van der Waals surface area contributed by atoms with Crippen LogP contribution in [0.15, 0.2) is 42.5 Å². The predicted octanol–water partition coefficient (Wildman–Crippen LogP) is 6.50. The molecule has 0 atom stereocenters. The molecule has 2 aromatic carbocycles. The largest absolute Gasteiger partial charge is 0.438 e. The molecule has 3 aromatic rings. The normalized spacial score (nSPS) is 21.2. The molecule has 1 amide bonds. The van der Waals surface area contributed by atoms with Crippen LogP contribution in [-0.4, -0.2) is 27.5 Å². The van der Waals surface area contributed by atoms with Crippen molar-refractivity contribution in [3.63, 3.8) is 0 Å². The number of aldehydes is 1. The van der Waals surface area contributed by atoms with Crippen molar-refractivity contribution in [2.75, 3.05) is 0 Å². The molecule has 0 saturated heterocycles. The van der Waals surface area contributed by atoms with E-state index in [1.165, 1.54) is 4.68 Å². The van der Waals surface area contributed by atoms with E-state index in [9.17, 15) is 9.59 Å². The van der Waals surface area contributed by atoms with Gasteiger partial charge in [-0.1, -0.05) is 34.8 Å². The summed E-state index contributed by atoms with van der Waals surface area (Å²) in [6, 6.07) is 11.5. The minimum Gasteiger partial charge on any atom is -0.438 e. The Kier molecular flexibility index (Phi) is 5.85. The highest BCUT2D eigenvalue weighted by Gasteiger charge is 2.46. The van der Waals surface area contributed by atoms with E-state index in [1.807, 2.05) is 0 Å². The quantitative estimate of drug-likeness (QED) is 0.389. The second-order valence-electron chi connectivity index (χ2n) is 8.63. The Bertz CT molecular complexity index is 1230. The zero-order valence-corrected chi connectivity index (χ0v) is 19.8. The summed E-state index contributed by atoms with van der Waals surface area (Å²) in [5.41, 5.74) is 0.232. The van der Waals surface area contributed by atoms with Gasteiger partial charge >= 0.3 is 0 Å². The third-order valence-corrected chi connectivity index (χ3v) is 7.29. The molecule has 2 saturated carbocycles. The van der Waals surface area contributed by atoms with Crippen molar-refractivity contribution in [2.45, 2.75) is 37.6 Å². The summed E-state index contributed by atoms with van der Waals surface area (Å²) >= 11 is 18.5. The molecule has 2 aliphatic rings. The summed E-state index contributed by atoms with van der Waals surface area (Å²) < 4.78 is 7.38. The van der Waals surface area contributed by atoms with Crippen molar-refractivity contribution in [1.82, 2.24) is 15.1 Å². The SMILES string of the molecule is O=Cc1c(C(=O)NC23CCC(CC2)C3)nn(-c2ccc(Cl)cc2Cl)c1Oc1ccc(Cl)cc1. The van der Waals surface area contributed by atoms with Crippen LogP contribution < -0.4 is 10.1 Å². The number of hydrogen-bond acceptors (Lipinski definition) is 4. The van der Waals surface area contributed by atoms with E-state index in [-0.39, 0.29) is 22.7 Å². The van der Waals surface area contributed by atoms with Crippen LogP contribution in [0, 0.1) is 5.92 Å². The average Bonchev–Trinajstić information content (AvgIpc) is 3.48. The maximum atomic E-state index is 13.3. The van der Waals surface area contributed by atoms with Crippen LogP contribution in [0.2, 0.25) is 15.1 Å². The van der Waals surface area contributed by atoms with Crippen molar-refractivity contribution in [1.29, 1.82) is 0 Å². The van der Waals surface area contributed by atoms with E-state index in [4.69, 9.17) is 39.5 Å². The van der Waals surface area contributed by atoms with E-state index in [0.29, 0.717) is 38.7 Å². The fourth-order valence-electron chi connectivity index (χ4n) is 4.88. The molecular weight excluding hydrogens is 485 g/mol. The number of rotatable bonds is 6. The van der Waals surface area contributed by atoms with Gasteiger partial charge in [0.15, 0.2) is 12.0 Å². The summed E-state index contributed by atoms with van der Waals surface area (Å²) in [6.45, 7) is 0. The molecule has 5 rings (SSSR count). The highest BCUT2D eigenvalue weighted by Crippen LogP contribution is 2.47. The molecule has 0 aliphatic heterocycles. The summed E-state index contributed by atoms with van der Waals surface area (Å²) in [4.78, 5) is 25.5. The topological polar surface area (TPSA) is 73.2 Å². The van der Waals surface area contributed by atoms with Gasteiger partial charge in [0, 0.05) is 15.6 Å². The van der Waals surface area contributed by atoms with E-state index >= 15 is 0 Å². The van der Waals surface area contributed by atoms with Gasteiger partial charge in [-0.25, -0.2) is 0 Å². The van der Waals surface area contributed by atoms with Crippen LogP contribution in [0.4, 0.5) is 0 Å². The highest BCUT2D eigenvalue weighted by molar-refractivity contribution is 6.35. The van der Waals surface area contributed by atoms with Crippen LogP contribution >= 0.6 is 34.8 Å². The second-order valence-corrected chi connectivity index (χ2v) is 9.91. The number of carbonyl (C=O) groups excluding carboxylic acids is 2. The lowest BCUT2D eigenvalue weighted by Gasteiger charge is -2.27. The van der Waals surface area contributed by atoms with E-state index in [0.717, 1.165) is 32.1 Å². The molecule has 1 aromatic heterocycles. The summed E-state index contributed by atoms with van der Waals surface area (Å²) in [7, 11) is 0. The Morgan fingerprint density at radius 3 is 2.39 bits per heavy atom. The minimum atomic E-state index is -0.399. The second kappa shape index (κ2) is 8.67. The lowest BCUT2D eigenvalue weighted by Crippen LogP contribution is -2.45. The van der Waals surface area contributed by atoms with Gasteiger partial charge in [-0.15, -0.1) is 0 Å². The predicted molar refractivity (Wildman–Crippen MR) is 127 cm³/mol. The van der Waals surface area contributed by atoms with Gasteiger partial charge in [-0.3, -0.25) is 9.59 Å². The van der Waals surface area contributed by atoms with Crippen molar-refractivity contribution in [3.05, 3.63) is 68.8 Å². The van der Waals surface area contributed by atoms with Crippen LogP contribution in [-0.2, 0) is 0 Å². The Balaban J connectivity index is 1.59. The van der Waals surface area contributed by atoms with Crippen molar-refractivity contribution < 1.29 is 14.3 Å². The Morgan fingerprint density at radius 1 is 1.09 bits per heavy atom. The molecule has 2 bridgehead atoms. The number of carbonyl (C=O) groups is 2. The fraction of sp³-hybridized carbons (Fsp3) is 0.292.